The highest BCUT2D eigenvalue weighted by molar-refractivity contribution is 7.98. The molecule has 3 rings (SSSR count). The van der Waals surface area contributed by atoms with Gasteiger partial charge in [-0.15, -0.1) is 11.8 Å². The fourth-order valence-electron chi connectivity index (χ4n) is 2.91. The van der Waals surface area contributed by atoms with Crippen molar-refractivity contribution in [2.45, 2.75) is 43.0 Å². The van der Waals surface area contributed by atoms with Gasteiger partial charge in [0.25, 0.3) is 5.91 Å². The van der Waals surface area contributed by atoms with Crippen molar-refractivity contribution in [2.75, 3.05) is 6.26 Å². The molecule has 1 amide bonds. The van der Waals surface area contributed by atoms with E-state index in [1.807, 2.05) is 30.5 Å². The lowest BCUT2D eigenvalue weighted by Crippen LogP contribution is -2.44. The van der Waals surface area contributed by atoms with E-state index in [4.69, 9.17) is 4.52 Å². The summed E-state index contributed by atoms with van der Waals surface area (Å²) in [5, 5.41) is 7.18. The Hall–Kier alpha value is -1.82. The summed E-state index contributed by atoms with van der Waals surface area (Å²) in [4.78, 5) is 18.1. The predicted molar refractivity (Wildman–Crippen MR) is 84.9 cm³/mol. The van der Waals surface area contributed by atoms with Crippen molar-refractivity contribution in [3.8, 4) is 0 Å². The summed E-state index contributed by atoms with van der Waals surface area (Å²) < 4.78 is 5.10. The third kappa shape index (κ3) is 2.88. The van der Waals surface area contributed by atoms with Gasteiger partial charge in [-0.05, 0) is 43.4 Å². The number of benzene rings is 1. The lowest BCUT2D eigenvalue weighted by atomic mass is 9.96. The molecule has 1 fully saturated rings. The molecule has 116 valence electrons. The summed E-state index contributed by atoms with van der Waals surface area (Å²) in [6.07, 6.45) is 5.82. The van der Waals surface area contributed by atoms with E-state index in [1.165, 1.54) is 0 Å². The Balaban J connectivity index is 1.83. The topological polar surface area (TPSA) is 68.0 Å². The number of amides is 1. The molecule has 0 aliphatic heterocycles. The van der Waals surface area contributed by atoms with Gasteiger partial charge in [-0.3, -0.25) is 4.79 Å². The fraction of sp³-hybridized carbons (Fsp3) is 0.438. The van der Waals surface area contributed by atoms with Gasteiger partial charge in [0, 0.05) is 17.4 Å². The van der Waals surface area contributed by atoms with Crippen LogP contribution in [0.25, 0.3) is 0 Å². The monoisotopic (exact) mass is 317 g/mol. The Morgan fingerprint density at radius 1 is 1.27 bits per heavy atom. The first-order valence-corrected chi connectivity index (χ1v) is 8.63. The zero-order valence-electron chi connectivity index (χ0n) is 12.8. The SMILES string of the molecule is CSc1ccc(C(=O)NC2(c3noc(C)n3)CCCC2)cc1. The molecule has 1 aliphatic carbocycles. The first-order chi connectivity index (χ1) is 10.6. The van der Waals surface area contributed by atoms with E-state index in [9.17, 15) is 4.79 Å². The summed E-state index contributed by atoms with van der Waals surface area (Å²) in [6, 6.07) is 7.62. The molecule has 6 heteroatoms. The van der Waals surface area contributed by atoms with E-state index in [1.54, 1.807) is 18.7 Å². The molecule has 0 atom stereocenters. The third-order valence-corrected chi connectivity index (χ3v) is 4.86. The number of hydrogen-bond donors (Lipinski definition) is 1. The van der Waals surface area contributed by atoms with Crippen LogP contribution in [0.3, 0.4) is 0 Å². The van der Waals surface area contributed by atoms with Gasteiger partial charge in [-0.2, -0.15) is 4.98 Å². The van der Waals surface area contributed by atoms with Crippen molar-refractivity contribution < 1.29 is 9.32 Å². The fourth-order valence-corrected chi connectivity index (χ4v) is 3.32. The number of hydrogen-bond acceptors (Lipinski definition) is 5. The molecule has 1 saturated carbocycles. The Morgan fingerprint density at radius 2 is 1.95 bits per heavy atom. The van der Waals surface area contributed by atoms with Crippen LogP contribution in [0.2, 0.25) is 0 Å². The van der Waals surface area contributed by atoms with Crippen LogP contribution in [0, 0.1) is 6.92 Å². The number of aromatic nitrogens is 2. The molecule has 1 aromatic carbocycles. The normalized spacial score (nSPS) is 16.6. The molecule has 2 aromatic rings. The Bertz CT molecular complexity index is 660. The van der Waals surface area contributed by atoms with E-state index in [0.717, 1.165) is 30.6 Å². The zero-order valence-corrected chi connectivity index (χ0v) is 13.6. The van der Waals surface area contributed by atoms with Gasteiger partial charge in [0.1, 0.15) is 5.54 Å². The molecule has 0 radical (unpaired) electrons. The number of nitrogens with one attached hydrogen (secondary N) is 1. The lowest BCUT2D eigenvalue weighted by Gasteiger charge is -2.26. The van der Waals surface area contributed by atoms with Gasteiger partial charge in [-0.25, -0.2) is 0 Å². The van der Waals surface area contributed by atoms with Crippen LogP contribution in [-0.4, -0.2) is 22.3 Å². The summed E-state index contributed by atoms with van der Waals surface area (Å²) in [5.41, 5.74) is 0.164. The molecule has 1 aliphatic rings. The van der Waals surface area contributed by atoms with Crippen LogP contribution in [0.4, 0.5) is 0 Å². The number of rotatable bonds is 4. The molecule has 0 bridgehead atoms. The second kappa shape index (κ2) is 6.12. The van der Waals surface area contributed by atoms with E-state index < -0.39 is 5.54 Å². The standard InChI is InChI=1S/C16H19N3O2S/c1-11-17-15(19-21-11)16(9-3-4-10-16)18-14(20)12-5-7-13(22-2)8-6-12/h5-8H,3-4,9-10H2,1-2H3,(H,18,20). The van der Waals surface area contributed by atoms with E-state index in [-0.39, 0.29) is 5.91 Å². The van der Waals surface area contributed by atoms with Crippen molar-refractivity contribution in [3.05, 3.63) is 41.5 Å². The highest BCUT2D eigenvalue weighted by Crippen LogP contribution is 2.37. The minimum absolute atomic E-state index is 0.0861. The quantitative estimate of drug-likeness (QED) is 0.876. The lowest BCUT2D eigenvalue weighted by molar-refractivity contribution is 0.0892. The highest BCUT2D eigenvalue weighted by atomic mass is 32.2. The number of carbonyl (C=O) groups is 1. The molecule has 1 heterocycles. The number of aryl methyl sites for hydroxylation is 1. The van der Waals surface area contributed by atoms with Crippen LogP contribution in [0.1, 0.15) is 47.8 Å². The van der Waals surface area contributed by atoms with Gasteiger partial charge in [0.05, 0.1) is 0 Å². The molecule has 1 N–H and O–H groups in total. The molecule has 22 heavy (non-hydrogen) atoms. The molecular formula is C16H19N3O2S. The maximum Gasteiger partial charge on any atom is 0.252 e. The van der Waals surface area contributed by atoms with Crippen LogP contribution in [0.15, 0.2) is 33.7 Å². The van der Waals surface area contributed by atoms with Gasteiger partial charge >= 0.3 is 0 Å². The second-order valence-electron chi connectivity index (χ2n) is 5.61. The van der Waals surface area contributed by atoms with Crippen molar-refractivity contribution in [3.63, 3.8) is 0 Å². The van der Waals surface area contributed by atoms with Crippen molar-refractivity contribution >= 4 is 17.7 Å². The van der Waals surface area contributed by atoms with Crippen LogP contribution in [0.5, 0.6) is 0 Å². The van der Waals surface area contributed by atoms with E-state index in [0.29, 0.717) is 17.3 Å². The third-order valence-electron chi connectivity index (χ3n) is 4.12. The first-order valence-electron chi connectivity index (χ1n) is 7.40. The number of nitrogens with zero attached hydrogens (tertiary/aromatic N) is 2. The molecular weight excluding hydrogens is 298 g/mol. The average Bonchev–Trinajstić information content (AvgIpc) is 3.17. The minimum Gasteiger partial charge on any atom is -0.340 e. The summed E-state index contributed by atoms with van der Waals surface area (Å²) in [5.74, 6) is 1.04. The van der Waals surface area contributed by atoms with Gasteiger partial charge in [0.2, 0.25) is 5.89 Å². The summed E-state index contributed by atoms with van der Waals surface area (Å²) in [6.45, 7) is 1.77. The number of thioether (sulfide) groups is 1. The van der Waals surface area contributed by atoms with Gasteiger partial charge < -0.3 is 9.84 Å². The molecule has 1 aromatic heterocycles. The summed E-state index contributed by atoms with van der Waals surface area (Å²) in [7, 11) is 0. The molecule has 0 saturated heterocycles. The van der Waals surface area contributed by atoms with Crippen LogP contribution >= 0.6 is 11.8 Å². The van der Waals surface area contributed by atoms with Gasteiger partial charge in [-0.1, -0.05) is 18.0 Å². The van der Waals surface area contributed by atoms with E-state index in [2.05, 4.69) is 15.5 Å². The van der Waals surface area contributed by atoms with E-state index >= 15 is 0 Å². The van der Waals surface area contributed by atoms with Gasteiger partial charge in [0.15, 0.2) is 5.82 Å². The Labute approximate surface area is 133 Å². The second-order valence-corrected chi connectivity index (χ2v) is 6.49. The number of carbonyl (C=O) groups excluding carboxylic acids is 1. The Morgan fingerprint density at radius 3 is 2.50 bits per heavy atom. The van der Waals surface area contributed by atoms with Crippen molar-refractivity contribution in [1.82, 2.24) is 15.5 Å². The maximum absolute atomic E-state index is 12.6. The Kier molecular flexibility index (Phi) is 4.20. The maximum atomic E-state index is 12.6. The molecule has 0 spiro atoms. The average molecular weight is 317 g/mol. The van der Waals surface area contributed by atoms with Crippen LogP contribution < -0.4 is 5.32 Å². The highest BCUT2D eigenvalue weighted by Gasteiger charge is 2.41. The molecule has 0 unspecified atom stereocenters. The minimum atomic E-state index is -0.493. The molecule has 5 nitrogen and oxygen atoms in total. The smallest absolute Gasteiger partial charge is 0.252 e. The first kappa shape index (κ1) is 15.1. The zero-order chi connectivity index (χ0) is 15.6. The summed E-state index contributed by atoms with van der Waals surface area (Å²) >= 11 is 1.66. The van der Waals surface area contributed by atoms with Crippen molar-refractivity contribution in [2.24, 2.45) is 0 Å². The largest absolute Gasteiger partial charge is 0.340 e. The van der Waals surface area contributed by atoms with Crippen molar-refractivity contribution in [1.29, 1.82) is 0 Å². The predicted octanol–water partition coefficient (Wildman–Crippen LogP) is 3.30. The van der Waals surface area contributed by atoms with Crippen LogP contribution in [-0.2, 0) is 5.54 Å².